The van der Waals surface area contributed by atoms with Gasteiger partial charge in [0.2, 0.25) is 0 Å². The molecule has 0 amide bonds. The molecule has 0 heterocycles. The predicted molar refractivity (Wildman–Crippen MR) is 76.3 cm³/mol. The average molecular weight is 325 g/mol. The number of benzene rings is 2. The Bertz CT molecular complexity index is 716. The van der Waals surface area contributed by atoms with E-state index in [0.29, 0.717) is 16.8 Å². The van der Waals surface area contributed by atoms with E-state index in [4.69, 9.17) is 16.9 Å². The number of aliphatic imine (C=N–C) groups is 1. The number of halogens is 4. The highest BCUT2D eigenvalue weighted by Gasteiger charge is 2.30. The van der Waals surface area contributed by atoms with Gasteiger partial charge in [0.25, 0.3) is 0 Å². The fraction of sp³-hybridized carbons (Fsp3) is 0.0667. The third-order valence-electron chi connectivity index (χ3n) is 2.55. The van der Waals surface area contributed by atoms with Crippen molar-refractivity contribution in [3.8, 4) is 11.8 Å². The second-order valence-electron chi connectivity index (χ2n) is 4.13. The molecule has 2 aromatic carbocycles. The molecule has 0 aliphatic rings. The number of hydrogen-bond acceptors (Lipinski definition) is 3. The van der Waals surface area contributed by atoms with Crippen molar-refractivity contribution in [2.45, 2.75) is 6.36 Å². The molecule has 0 radical (unpaired) electrons. The lowest BCUT2D eigenvalue weighted by Gasteiger charge is -2.08. The molecule has 0 bridgehead atoms. The Hall–Kier alpha value is -2.52. The Morgan fingerprint density at radius 1 is 1.05 bits per heavy atom. The second-order valence-corrected chi connectivity index (χ2v) is 4.49. The van der Waals surface area contributed by atoms with Crippen molar-refractivity contribution >= 4 is 22.5 Å². The third-order valence-corrected chi connectivity index (χ3v) is 2.85. The summed E-state index contributed by atoms with van der Waals surface area (Å²) in [5.41, 5.74) is 1.46. The van der Waals surface area contributed by atoms with Crippen molar-refractivity contribution in [3.63, 3.8) is 0 Å². The van der Waals surface area contributed by atoms with Crippen molar-refractivity contribution in [2.75, 3.05) is 0 Å². The van der Waals surface area contributed by atoms with Crippen molar-refractivity contribution in [1.82, 2.24) is 0 Å². The van der Waals surface area contributed by atoms with Gasteiger partial charge < -0.3 is 4.74 Å². The predicted octanol–water partition coefficient (Wildman–Crippen LogP) is 4.77. The first kappa shape index (κ1) is 15.9. The summed E-state index contributed by atoms with van der Waals surface area (Å²) in [5, 5.41) is 8.86. The van der Waals surface area contributed by atoms with Crippen LogP contribution in [0.1, 0.15) is 11.1 Å². The summed E-state index contributed by atoms with van der Waals surface area (Å²) >= 11 is 6.04. The van der Waals surface area contributed by atoms with Gasteiger partial charge in [-0.15, -0.1) is 13.2 Å². The molecule has 7 heteroatoms. The van der Waals surface area contributed by atoms with Crippen molar-refractivity contribution in [3.05, 3.63) is 59.7 Å². The lowest BCUT2D eigenvalue weighted by Crippen LogP contribution is -2.16. The molecule has 3 nitrogen and oxygen atoms in total. The molecule has 112 valence electrons. The molecule has 2 rings (SSSR count). The Labute approximate surface area is 129 Å². The van der Waals surface area contributed by atoms with Crippen LogP contribution in [0.5, 0.6) is 5.75 Å². The van der Waals surface area contributed by atoms with Gasteiger partial charge in [-0.3, -0.25) is 0 Å². The van der Waals surface area contributed by atoms with Crippen LogP contribution < -0.4 is 4.74 Å². The maximum absolute atomic E-state index is 12.0. The lowest BCUT2D eigenvalue weighted by atomic mass is 10.1. The summed E-state index contributed by atoms with van der Waals surface area (Å²) in [6, 6.07) is 13.4. The Kier molecular flexibility index (Phi) is 4.68. The van der Waals surface area contributed by atoms with Crippen LogP contribution in [0.3, 0.4) is 0 Å². The van der Waals surface area contributed by atoms with Crippen LogP contribution in [0.2, 0.25) is 0 Å². The van der Waals surface area contributed by atoms with E-state index in [1.165, 1.54) is 12.1 Å². The maximum Gasteiger partial charge on any atom is 0.573 e. The molecule has 0 aliphatic heterocycles. The van der Waals surface area contributed by atoms with E-state index in [9.17, 15) is 13.2 Å². The zero-order valence-corrected chi connectivity index (χ0v) is 11.7. The largest absolute Gasteiger partial charge is 0.573 e. The SMILES string of the molecule is N#Cc1ccc(C(Cl)=Nc2ccc(OC(F)(F)F)cc2)cc1. The van der Waals surface area contributed by atoms with Crippen LogP contribution in [0, 0.1) is 11.3 Å². The van der Waals surface area contributed by atoms with E-state index in [2.05, 4.69) is 9.73 Å². The van der Waals surface area contributed by atoms with E-state index in [1.807, 2.05) is 6.07 Å². The third kappa shape index (κ3) is 4.50. The van der Waals surface area contributed by atoms with Gasteiger partial charge in [0.05, 0.1) is 17.3 Å². The van der Waals surface area contributed by atoms with Crippen LogP contribution >= 0.6 is 11.6 Å². The topological polar surface area (TPSA) is 45.4 Å². The fourth-order valence-electron chi connectivity index (χ4n) is 1.58. The van der Waals surface area contributed by atoms with E-state index >= 15 is 0 Å². The molecule has 0 atom stereocenters. The summed E-state index contributed by atoms with van der Waals surface area (Å²) in [6.07, 6.45) is -4.73. The minimum absolute atomic E-state index is 0.161. The number of hydrogen-bond donors (Lipinski definition) is 0. The standard InChI is InChI=1S/C15H8ClF3N2O/c16-14(11-3-1-10(9-20)2-4-11)21-12-5-7-13(8-6-12)22-15(17,18)19/h1-8H. The summed E-state index contributed by atoms with van der Waals surface area (Å²) in [4.78, 5) is 4.08. The normalized spacial score (nSPS) is 11.9. The molecule has 22 heavy (non-hydrogen) atoms. The first-order chi connectivity index (χ1) is 10.4. The molecular formula is C15H8ClF3N2O. The number of nitriles is 1. The number of nitrogens with zero attached hydrogens (tertiary/aromatic N) is 2. The molecule has 0 aromatic heterocycles. The summed E-state index contributed by atoms with van der Waals surface area (Å²) in [7, 11) is 0. The fourth-order valence-corrected chi connectivity index (χ4v) is 1.81. The molecule has 0 saturated heterocycles. The smallest absolute Gasteiger partial charge is 0.406 e. The molecule has 0 aliphatic carbocycles. The highest BCUT2D eigenvalue weighted by Crippen LogP contribution is 2.25. The first-order valence-electron chi connectivity index (χ1n) is 5.98. The van der Waals surface area contributed by atoms with Crippen molar-refractivity contribution < 1.29 is 17.9 Å². The summed E-state index contributed by atoms with van der Waals surface area (Å²) < 4.78 is 39.9. The Balaban J connectivity index is 2.16. The Morgan fingerprint density at radius 3 is 2.14 bits per heavy atom. The van der Waals surface area contributed by atoms with Crippen molar-refractivity contribution in [2.24, 2.45) is 4.99 Å². The minimum atomic E-state index is -4.73. The van der Waals surface area contributed by atoms with E-state index in [1.54, 1.807) is 24.3 Å². The average Bonchev–Trinajstić information content (AvgIpc) is 2.48. The van der Waals surface area contributed by atoms with Gasteiger partial charge in [-0.25, -0.2) is 4.99 Å². The van der Waals surface area contributed by atoms with E-state index < -0.39 is 6.36 Å². The van der Waals surface area contributed by atoms with E-state index in [0.717, 1.165) is 12.1 Å². The second kappa shape index (κ2) is 6.50. The van der Waals surface area contributed by atoms with Crippen molar-refractivity contribution in [1.29, 1.82) is 5.26 Å². The Morgan fingerprint density at radius 2 is 1.64 bits per heavy atom. The van der Waals surface area contributed by atoms with Crippen LogP contribution in [0.4, 0.5) is 18.9 Å². The molecule has 0 N–H and O–H groups in total. The van der Waals surface area contributed by atoms with Crippen LogP contribution in [-0.4, -0.2) is 11.5 Å². The molecule has 0 fully saturated rings. The monoisotopic (exact) mass is 324 g/mol. The first-order valence-corrected chi connectivity index (χ1v) is 6.36. The summed E-state index contributed by atoms with van der Waals surface area (Å²) in [6.45, 7) is 0. The molecule has 0 saturated carbocycles. The quantitative estimate of drug-likeness (QED) is 0.763. The molecule has 0 spiro atoms. The van der Waals surface area contributed by atoms with Crippen LogP contribution in [0.25, 0.3) is 0 Å². The van der Waals surface area contributed by atoms with Gasteiger partial charge in [0.1, 0.15) is 10.9 Å². The maximum atomic E-state index is 12.0. The van der Waals surface area contributed by atoms with E-state index in [-0.39, 0.29) is 10.9 Å². The molecular weight excluding hydrogens is 317 g/mol. The highest BCUT2D eigenvalue weighted by atomic mass is 35.5. The van der Waals surface area contributed by atoms with Crippen LogP contribution in [0.15, 0.2) is 53.5 Å². The number of alkyl halides is 3. The zero-order chi connectivity index (χ0) is 16.2. The van der Waals surface area contributed by atoms with Crippen LogP contribution in [-0.2, 0) is 0 Å². The summed E-state index contributed by atoms with van der Waals surface area (Å²) in [5.74, 6) is -0.332. The highest BCUT2D eigenvalue weighted by molar-refractivity contribution is 6.69. The zero-order valence-electron chi connectivity index (χ0n) is 10.9. The number of rotatable bonds is 3. The lowest BCUT2D eigenvalue weighted by molar-refractivity contribution is -0.274. The minimum Gasteiger partial charge on any atom is -0.406 e. The van der Waals surface area contributed by atoms with Gasteiger partial charge in [-0.2, -0.15) is 5.26 Å². The van der Waals surface area contributed by atoms with Gasteiger partial charge in [-0.05, 0) is 36.4 Å². The number of ether oxygens (including phenoxy) is 1. The van der Waals surface area contributed by atoms with Gasteiger partial charge in [0.15, 0.2) is 0 Å². The molecule has 2 aromatic rings. The van der Waals surface area contributed by atoms with Gasteiger partial charge >= 0.3 is 6.36 Å². The molecule has 0 unspecified atom stereocenters. The van der Waals surface area contributed by atoms with Gasteiger partial charge in [0, 0.05) is 5.56 Å². The van der Waals surface area contributed by atoms with Gasteiger partial charge in [-0.1, -0.05) is 23.7 Å².